The number of phenolic OH excluding ortho intramolecular Hbond substituents is 1. The van der Waals surface area contributed by atoms with Gasteiger partial charge < -0.3 is 42.7 Å². The van der Waals surface area contributed by atoms with Crippen LogP contribution in [0.25, 0.3) is 0 Å². The maximum Gasteiger partial charge on any atom is 0.326 e. The van der Waals surface area contributed by atoms with Crippen molar-refractivity contribution in [1.82, 2.24) is 16.0 Å². The summed E-state index contributed by atoms with van der Waals surface area (Å²) in [6, 6.07) is 0.0634. The summed E-state index contributed by atoms with van der Waals surface area (Å²) < 4.78 is 0. The minimum absolute atomic E-state index is 0.0131. The van der Waals surface area contributed by atoms with Gasteiger partial charge in [0.05, 0.1) is 18.9 Å². The molecule has 14 heteroatoms. The normalized spacial score (nSPS) is 14.1. The van der Waals surface area contributed by atoms with Crippen molar-refractivity contribution in [2.45, 2.75) is 63.7 Å². The zero-order valence-corrected chi connectivity index (χ0v) is 20.5. The molecule has 0 radical (unpaired) electrons. The predicted octanol–water partition coefficient (Wildman–Crippen LogP) is -1.80. The fourth-order valence-electron chi connectivity index (χ4n) is 3.29. The molecule has 1 rings (SSSR count). The summed E-state index contributed by atoms with van der Waals surface area (Å²) in [7, 11) is 0. The van der Waals surface area contributed by atoms with E-state index in [2.05, 4.69) is 16.0 Å². The van der Waals surface area contributed by atoms with E-state index >= 15 is 0 Å². The molecule has 0 aliphatic heterocycles. The Bertz CT molecular complexity index is 997. The average Bonchev–Trinajstić information content (AvgIpc) is 2.77. The molecule has 4 amide bonds. The van der Waals surface area contributed by atoms with Crippen LogP contribution in [-0.2, 0) is 35.2 Å². The van der Waals surface area contributed by atoms with Crippen molar-refractivity contribution in [1.29, 1.82) is 0 Å². The molecular weight excluding hydrogens is 490 g/mol. The highest BCUT2D eigenvalue weighted by molar-refractivity contribution is 5.96. The summed E-state index contributed by atoms with van der Waals surface area (Å²) in [6.07, 6.45) is -1.41. The molecule has 0 heterocycles. The molecule has 0 aliphatic rings. The molecule has 1 aromatic rings. The van der Waals surface area contributed by atoms with Gasteiger partial charge >= 0.3 is 11.9 Å². The third kappa shape index (κ3) is 11.4. The lowest BCUT2D eigenvalue weighted by Gasteiger charge is -2.25. The number of aliphatic carboxylic acids is 2. The van der Waals surface area contributed by atoms with E-state index < -0.39 is 72.6 Å². The lowest BCUT2D eigenvalue weighted by atomic mass is 10.0. The summed E-state index contributed by atoms with van der Waals surface area (Å²) >= 11 is 0. The molecule has 0 spiro atoms. The van der Waals surface area contributed by atoms with Gasteiger partial charge in [-0.3, -0.25) is 24.0 Å². The molecular formula is C23H33N5O9. The molecule has 204 valence electrons. The van der Waals surface area contributed by atoms with Crippen LogP contribution in [0.5, 0.6) is 5.75 Å². The Morgan fingerprint density at radius 2 is 1.32 bits per heavy atom. The van der Waals surface area contributed by atoms with Gasteiger partial charge in [-0.25, -0.2) is 4.79 Å². The van der Waals surface area contributed by atoms with Crippen molar-refractivity contribution in [3.05, 3.63) is 29.8 Å². The first-order chi connectivity index (χ1) is 17.2. The van der Waals surface area contributed by atoms with Gasteiger partial charge in [0.25, 0.3) is 0 Å². The largest absolute Gasteiger partial charge is 0.508 e. The van der Waals surface area contributed by atoms with Gasteiger partial charge in [-0.1, -0.05) is 26.0 Å². The van der Waals surface area contributed by atoms with E-state index in [1.807, 2.05) is 0 Å². The smallest absolute Gasteiger partial charge is 0.326 e. The van der Waals surface area contributed by atoms with Crippen LogP contribution in [0, 0.1) is 5.92 Å². The highest BCUT2D eigenvalue weighted by Crippen LogP contribution is 2.12. The van der Waals surface area contributed by atoms with E-state index in [1.54, 1.807) is 13.8 Å². The van der Waals surface area contributed by atoms with E-state index in [0.29, 0.717) is 5.56 Å². The van der Waals surface area contributed by atoms with E-state index in [9.17, 15) is 39.0 Å². The number of phenols is 1. The number of carbonyl (C=O) groups is 6. The third-order valence-electron chi connectivity index (χ3n) is 5.10. The number of nitrogens with two attached hydrogens (primary N) is 2. The number of carboxylic acids is 2. The highest BCUT2D eigenvalue weighted by Gasteiger charge is 2.32. The van der Waals surface area contributed by atoms with Crippen LogP contribution in [0.3, 0.4) is 0 Å². The molecule has 4 unspecified atom stereocenters. The van der Waals surface area contributed by atoms with Crippen molar-refractivity contribution in [2.24, 2.45) is 17.4 Å². The number of rotatable bonds is 15. The Kier molecular flexibility index (Phi) is 12.0. The van der Waals surface area contributed by atoms with E-state index in [1.165, 1.54) is 24.3 Å². The molecule has 1 aromatic carbocycles. The molecule has 14 nitrogen and oxygen atoms in total. The monoisotopic (exact) mass is 523 g/mol. The highest BCUT2D eigenvalue weighted by atomic mass is 16.4. The fraction of sp³-hybridized carbons (Fsp3) is 0.478. The minimum Gasteiger partial charge on any atom is -0.508 e. The predicted molar refractivity (Wildman–Crippen MR) is 129 cm³/mol. The first-order valence-corrected chi connectivity index (χ1v) is 11.4. The molecule has 0 bridgehead atoms. The number of nitrogens with one attached hydrogen (secondary N) is 3. The maximum atomic E-state index is 13.0. The Hall–Kier alpha value is -4.20. The summed E-state index contributed by atoms with van der Waals surface area (Å²) in [5.74, 6) is -6.60. The molecule has 0 aromatic heterocycles. The number of hydrogen-bond acceptors (Lipinski definition) is 8. The van der Waals surface area contributed by atoms with Crippen molar-refractivity contribution >= 4 is 35.6 Å². The lowest BCUT2D eigenvalue weighted by Crippen LogP contribution is -2.58. The maximum absolute atomic E-state index is 13.0. The van der Waals surface area contributed by atoms with Gasteiger partial charge in [0.15, 0.2) is 0 Å². The summed E-state index contributed by atoms with van der Waals surface area (Å²) in [4.78, 5) is 72.1. The van der Waals surface area contributed by atoms with Gasteiger partial charge in [0.2, 0.25) is 23.6 Å². The first-order valence-electron chi connectivity index (χ1n) is 11.4. The topological polar surface area (TPSA) is 251 Å². The van der Waals surface area contributed by atoms with Crippen LogP contribution >= 0.6 is 0 Å². The summed E-state index contributed by atoms with van der Waals surface area (Å²) in [5, 5.41) is 34.7. The van der Waals surface area contributed by atoms with E-state index in [0.717, 1.165) is 0 Å². The Labute approximate surface area is 212 Å². The number of benzene rings is 1. The number of carboxylic acid groups (broad SMARTS) is 2. The second kappa shape index (κ2) is 14.4. The second-order valence-electron chi connectivity index (χ2n) is 8.90. The van der Waals surface area contributed by atoms with Gasteiger partial charge in [0.1, 0.15) is 23.9 Å². The van der Waals surface area contributed by atoms with Crippen LogP contribution in [0.15, 0.2) is 24.3 Å². The Balaban J connectivity index is 3.03. The van der Waals surface area contributed by atoms with Crippen molar-refractivity contribution in [2.75, 3.05) is 0 Å². The Morgan fingerprint density at radius 1 is 0.811 bits per heavy atom. The van der Waals surface area contributed by atoms with Gasteiger partial charge in [-0.05, 0) is 30.0 Å². The van der Waals surface area contributed by atoms with Crippen LogP contribution in [-0.4, -0.2) is 75.1 Å². The molecule has 0 saturated heterocycles. The summed E-state index contributed by atoms with van der Waals surface area (Å²) in [6.45, 7) is 3.51. The number of hydrogen-bond donors (Lipinski definition) is 8. The number of carbonyl (C=O) groups excluding carboxylic acids is 4. The minimum atomic E-state index is -1.56. The molecule has 37 heavy (non-hydrogen) atoms. The zero-order valence-electron chi connectivity index (χ0n) is 20.5. The van der Waals surface area contributed by atoms with Crippen LogP contribution in [0.1, 0.15) is 38.7 Å². The average molecular weight is 524 g/mol. The first kappa shape index (κ1) is 30.8. The van der Waals surface area contributed by atoms with E-state index in [-0.39, 0.29) is 24.5 Å². The van der Waals surface area contributed by atoms with E-state index in [4.69, 9.17) is 16.6 Å². The van der Waals surface area contributed by atoms with Gasteiger partial charge in [0, 0.05) is 6.42 Å². The van der Waals surface area contributed by atoms with Crippen molar-refractivity contribution in [3.8, 4) is 5.75 Å². The molecule has 10 N–H and O–H groups in total. The standard InChI is InChI=1S/C23H33N5O9/c1-11(2)7-15(21(34)28-17(23(36)37)8-12-3-5-13(29)6-4-12)27-22(35)16(10-18(25)30)26-20(33)14(24)9-19(31)32/h3-6,11,14-17,29H,7-10,24H2,1-2H3,(H2,25,30)(H,26,33)(H,27,35)(H,28,34)(H,31,32)(H,36,37). The number of primary amides is 1. The fourth-order valence-corrected chi connectivity index (χ4v) is 3.29. The number of aromatic hydroxyl groups is 1. The Morgan fingerprint density at radius 3 is 1.81 bits per heavy atom. The van der Waals surface area contributed by atoms with Crippen molar-refractivity contribution in [3.63, 3.8) is 0 Å². The molecule has 0 saturated carbocycles. The van der Waals surface area contributed by atoms with Crippen molar-refractivity contribution < 1.29 is 44.1 Å². The van der Waals surface area contributed by atoms with Gasteiger partial charge in [-0.15, -0.1) is 0 Å². The lowest BCUT2D eigenvalue weighted by molar-refractivity contribution is -0.142. The third-order valence-corrected chi connectivity index (χ3v) is 5.10. The molecule has 0 aliphatic carbocycles. The summed E-state index contributed by atoms with van der Waals surface area (Å²) in [5.41, 5.74) is 11.2. The quantitative estimate of drug-likeness (QED) is 0.128. The van der Waals surface area contributed by atoms with Gasteiger partial charge in [-0.2, -0.15) is 0 Å². The second-order valence-corrected chi connectivity index (χ2v) is 8.90. The molecule has 0 fully saturated rings. The van der Waals surface area contributed by atoms with Crippen LogP contribution in [0.4, 0.5) is 0 Å². The van der Waals surface area contributed by atoms with Crippen LogP contribution in [0.2, 0.25) is 0 Å². The molecule has 4 atom stereocenters. The zero-order chi connectivity index (χ0) is 28.3. The SMILES string of the molecule is CC(C)CC(NC(=O)C(CC(N)=O)NC(=O)C(N)CC(=O)O)C(=O)NC(Cc1ccc(O)cc1)C(=O)O. The van der Waals surface area contributed by atoms with Crippen LogP contribution < -0.4 is 27.4 Å². The number of amides is 4.